The molecule has 0 bridgehead atoms. The Morgan fingerprint density at radius 3 is 2.87 bits per heavy atom. The predicted molar refractivity (Wildman–Crippen MR) is 119 cm³/mol. The van der Waals surface area contributed by atoms with Gasteiger partial charge in [-0.05, 0) is 42.3 Å². The molecule has 1 aromatic carbocycles. The van der Waals surface area contributed by atoms with Gasteiger partial charge in [0.25, 0.3) is 0 Å². The standard InChI is InChI=1S/C23H20BrN5O/c1-15-18(4-3-5-20(15)24)21-7-6-19(23(28-21)30-2)22-27-8-9-29(22)14-17-10-16(11-25)12-26-13-17/h3-7,10,12-13H,8-9,14H2,1-2H3. The van der Waals surface area contributed by atoms with Crippen molar-refractivity contribution in [3.8, 4) is 23.2 Å². The van der Waals surface area contributed by atoms with Gasteiger partial charge in [0.1, 0.15) is 11.9 Å². The third-order valence-electron chi connectivity index (χ3n) is 5.07. The number of methoxy groups -OCH3 is 1. The van der Waals surface area contributed by atoms with Crippen LogP contribution < -0.4 is 4.74 Å². The predicted octanol–water partition coefficient (Wildman–Crippen LogP) is 4.36. The van der Waals surface area contributed by atoms with Gasteiger partial charge in [-0.3, -0.25) is 9.98 Å². The van der Waals surface area contributed by atoms with Crippen LogP contribution in [0.4, 0.5) is 0 Å². The average molecular weight is 462 g/mol. The first kappa shape index (κ1) is 20.0. The van der Waals surface area contributed by atoms with Crippen molar-refractivity contribution in [1.29, 1.82) is 5.26 Å². The Hall–Kier alpha value is -3.24. The van der Waals surface area contributed by atoms with E-state index in [0.717, 1.165) is 44.8 Å². The number of nitriles is 1. The summed E-state index contributed by atoms with van der Waals surface area (Å²) in [5.74, 6) is 1.39. The van der Waals surface area contributed by atoms with E-state index in [2.05, 4.69) is 44.9 Å². The van der Waals surface area contributed by atoms with Gasteiger partial charge in [-0.2, -0.15) is 5.26 Å². The molecule has 1 aliphatic rings. The molecule has 30 heavy (non-hydrogen) atoms. The van der Waals surface area contributed by atoms with Gasteiger partial charge in [0.15, 0.2) is 0 Å². The lowest BCUT2D eigenvalue weighted by atomic mass is 10.0. The van der Waals surface area contributed by atoms with Crippen molar-refractivity contribution < 1.29 is 4.74 Å². The first-order chi connectivity index (χ1) is 14.6. The first-order valence-electron chi connectivity index (χ1n) is 9.55. The minimum absolute atomic E-state index is 0.543. The molecule has 0 radical (unpaired) electrons. The molecule has 3 aromatic rings. The number of aliphatic imine (C=N–C) groups is 1. The van der Waals surface area contributed by atoms with Crippen LogP contribution in [0, 0.1) is 18.3 Å². The first-order valence-corrected chi connectivity index (χ1v) is 10.3. The van der Waals surface area contributed by atoms with E-state index >= 15 is 0 Å². The van der Waals surface area contributed by atoms with E-state index in [0.29, 0.717) is 24.5 Å². The maximum absolute atomic E-state index is 9.12. The van der Waals surface area contributed by atoms with Crippen molar-refractivity contribution in [1.82, 2.24) is 14.9 Å². The molecule has 4 rings (SSSR count). The Labute approximate surface area is 184 Å². The molecular formula is C23H20BrN5O. The second kappa shape index (κ2) is 8.64. The average Bonchev–Trinajstić information content (AvgIpc) is 3.23. The maximum atomic E-state index is 9.12. The number of halogens is 1. The van der Waals surface area contributed by atoms with E-state index in [1.54, 1.807) is 19.5 Å². The maximum Gasteiger partial charge on any atom is 0.224 e. The molecule has 3 heterocycles. The molecule has 0 unspecified atom stereocenters. The van der Waals surface area contributed by atoms with Gasteiger partial charge in [-0.1, -0.05) is 28.1 Å². The van der Waals surface area contributed by atoms with Gasteiger partial charge in [0, 0.05) is 35.5 Å². The van der Waals surface area contributed by atoms with E-state index in [1.807, 2.05) is 30.3 Å². The van der Waals surface area contributed by atoms with E-state index in [9.17, 15) is 0 Å². The Kier molecular flexibility index (Phi) is 5.77. The zero-order valence-corrected chi connectivity index (χ0v) is 18.3. The van der Waals surface area contributed by atoms with Gasteiger partial charge in [-0.25, -0.2) is 4.98 Å². The fourth-order valence-electron chi connectivity index (χ4n) is 3.55. The number of amidine groups is 1. The minimum atomic E-state index is 0.543. The van der Waals surface area contributed by atoms with Crippen molar-refractivity contribution in [2.24, 2.45) is 4.99 Å². The molecule has 0 amide bonds. The largest absolute Gasteiger partial charge is 0.480 e. The molecule has 0 aliphatic carbocycles. The quantitative estimate of drug-likeness (QED) is 0.564. The number of nitrogens with zero attached hydrogens (tertiary/aromatic N) is 5. The third-order valence-corrected chi connectivity index (χ3v) is 5.93. The van der Waals surface area contributed by atoms with Crippen LogP contribution in [0.3, 0.4) is 0 Å². The zero-order chi connectivity index (χ0) is 21.1. The molecule has 0 saturated heterocycles. The van der Waals surface area contributed by atoms with Crippen LogP contribution in [-0.4, -0.2) is 40.9 Å². The minimum Gasteiger partial charge on any atom is -0.480 e. The summed E-state index contributed by atoms with van der Waals surface area (Å²) in [6.07, 6.45) is 3.35. The topological polar surface area (TPSA) is 74.4 Å². The smallest absolute Gasteiger partial charge is 0.224 e. The van der Waals surface area contributed by atoms with E-state index in [4.69, 9.17) is 20.0 Å². The SMILES string of the molecule is COc1nc(-c2cccc(Br)c2C)ccc1C1=NCCN1Cc1cncc(C#N)c1. The van der Waals surface area contributed by atoms with Crippen LogP contribution in [-0.2, 0) is 6.54 Å². The number of aromatic nitrogens is 2. The van der Waals surface area contributed by atoms with Gasteiger partial charge in [0.05, 0.1) is 30.5 Å². The lowest BCUT2D eigenvalue weighted by molar-refractivity contribution is 0.394. The van der Waals surface area contributed by atoms with E-state index in [1.165, 1.54) is 0 Å². The summed E-state index contributed by atoms with van der Waals surface area (Å²) in [7, 11) is 1.63. The lowest BCUT2D eigenvalue weighted by Crippen LogP contribution is -2.28. The number of hydrogen-bond acceptors (Lipinski definition) is 6. The van der Waals surface area contributed by atoms with Crippen LogP contribution in [0.2, 0.25) is 0 Å². The highest BCUT2D eigenvalue weighted by atomic mass is 79.9. The Morgan fingerprint density at radius 2 is 2.07 bits per heavy atom. The van der Waals surface area contributed by atoms with Gasteiger partial charge in [0.2, 0.25) is 5.88 Å². The van der Waals surface area contributed by atoms with Crippen LogP contribution in [0.5, 0.6) is 5.88 Å². The summed E-state index contributed by atoms with van der Waals surface area (Å²) < 4.78 is 6.69. The zero-order valence-electron chi connectivity index (χ0n) is 16.8. The highest BCUT2D eigenvalue weighted by Gasteiger charge is 2.23. The molecule has 6 nitrogen and oxygen atoms in total. The summed E-state index contributed by atoms with van der Waals surface area (Å²) in [4.78, 5) is 15.8. The lowest BCUT2D eigenvalue weighted by Gasteiger charge is -2.22. The molecule has 7 heteroatoms. The van der Waals surface area contributed by atoms with Gasteiger partial charge < -0.3 is 9.64 Å². The monoisotopic (exact) mass is 461 g/mol. The molecule has 2 aromatic heterocycles. The number of ether oxygens (including phenoxy) is 1. The van der Waals surface area contributed by atoms with Gasteiger partial charge >= 0.3 is 0 Å². The van der Waals surface area contributed by atoms with Crippen molar-refractivity contribution in [3.05, 3.63) is 75.5 Å². The molecule has 0 fully saturated rings. The molecule has 0 spiro atoms. The Morgan fingerprint density at radius 1 is 1.20 bits per heavy atom. The highest BCUT2D eigenvalue weighted by molar-refractivity contribution is 9.10. The summed E-state index contributed by atoms with van der Waals surface area (Å²) >= 11 is 3.59. The summed E-state index contributed by atoms with van der Waals surface area (Å²) in [6, 6.07) is 14.1. The number of benzene rings is 1. The van der Waals surface area contributed by atoms with Crippen LogP contribution in [0.1, 0.15) is 22.3 Å². The second-order valence-electron chi connectivity index (χ2n) is 6.99. The Bertz CT molecular complexity index is 1170. The number of rotatable bonds is 5. The van der Waals surface area contributed by atoms with Crippen molar-refractivity contribution in [2.75, 3.05) is 20.2 Å². The fraction of sp³-hybridized carbons (Fsp3) is 0.217. The molecular weight excluding hydrogens is 442 g/mol. The summed E-state index contributed by atoms with van der Waals surface area (Å²) in [5.41, 5.74) is 5.42. The van der Waals surface area contributed by atoms with Crippen molar-refractivity contribution in [2.45, 2.75) is 13.5 Å². The van der Waals surface area contributed by atoms with E-state index in [-0.39, 0.29) is 0 Å². The molecule has 1 aliphatic heterocycles. The van der Waals surface area contributed by atoms with E-state index < -0.39 is 0 Å². The van der Waals surface area contributed by atoms with Crippen molar-refractivity contribution >= 4 is 21.8 Å². The van der Waals surface area contributed by atoms with Gasteiger partial charge in [-0.15, -0.1) is 0 Å². The highest BCUT2D eigenvalue weighted by Crippen LogP contribution is 2.31. The normalized spacial score (nSPS) is 13.1. The van der Waals surface area contributed by atoms with Crippen LogP contribution in [0.25, 0.3) is 11.3 Å². The van der Waals surface area contributed by atoms with Crippen LogP contribution >= 0.6 is 15.9 Å². The Balaban J connectivity index is 1.66. The van der Waals surface area contributed by atoms with Crippen molar-refractivity contribution in [3.63, 3.8) is 0 Å². The van der Waals surface area contributed by atoms with Crippen LogP contribution in [0.15, 0.2) is 58.3 Å². The molecule has 150 valence electrons. The third kappa shape index (κ3) is 3.91. The molecule has 0 N–H and O–H groups in total. The number of hydrogen-bond donors (Lipinski definition) is 0. The molecule has 0 atom stereocenters. The molecule has 0 saturated carbocycles. The number of pyridine rings is 2. The summed E-state index contributed by atoms with van der Waals surface area (Å²) in [5, 5.41) is 9.12. The summed E-state index contributed by atoms with van der Waals surface area (Å²) in [6.45, 7) is 4.18. The second-order valence-corrected chi connectivity index (χ2v) is 7.84. The fourth-order valence-corrected chi connectivity index (χ4v) is 3.91.